The molecule has 3 aromatic heterocycles. The molecule has 3 rings (SSSR count). The molecule has 0 aliphatic rings. The number of hydrogen-bond acceptors (Lipinski definition) is 4. The van der Waals surface area contributed by atoms with Crippen LogP contribution in [0.2, 0.25) is 0 Å². The predicted octanol–water partition coefficient (Wildman–Crippen LogP) is 2.37. The van der Waals surface area contributed by atoms with Gasteiger partial charge < -0.3 is 5.32 Å². The highest BCUT2D eigenvalue weighted by Gasteiger charge is 2.05. The van der Waals surface area contributed by atoms with Gasteiger partial charge in [-0.15, -0.1) is 0 Å². The molecule has 0 saturated heterocycles. The average Bonchev–Trinajstić information content (AvgIpc) is 2.96. The SMILES string of the molecule is O=C(Nc1ccncc1)Nc1ccn(Cc2cccnc2)n1. The van der Waals surface area contributed by atoms with Crippen LogP contribution in [0.4, 0.5) is 16.3 Å². The summed E-state index contributed by atoms with van der Waals surface area (Å²) in [4.78, 5) is 19.8. The molecule has 2 N–H and O–H groups in total. The highest BCUT2D eigenvalue weighted by molar-refractivity contribution is 5.98. The Balaban J connectivity index is 1.58. The van der Waals surface area contributed by atoms with Crippen molar-refractivity contribution in [2.45, 2.75) is 6.54 Å². The van der Waals surface area contributed by atoms with E-state index in [1.165, 1.54) is 0 Å². The second kappa shape index (κ2) is 6.49. The normalized spacial score (nSPS) is 10.2. The highest BCUT2D eigenvalue weighted by atomic mass is 16.2. The summed E-state index contributed by atoms with van der Waals surface area (Å²) < 4.78 is 1.74. The predicted molar refractivity (Wildman–Crippen MR) is 82.4 cm³/mol. The van der Waals surface area contributed by atoms with E-state index in [0.29, 0.717) is 18.1 Å². The molecule has 0 aliphatic heterocycles. The van der Waals surface area contributed by atoms with Crippen LogP contribution in [0.15, 0.2) is 61.3 Å². The molecule has 0 atom stereocenters. The highest BCUT2D eigenvalue weighted by Crippen LogP contribution is 2.08. The van der Waals surface area contributed by atoms with Gasteiger partial charge in [0.1, 0.15) is 0 Å². The number of amides is 2. The lowest BCUT2D eigenvalue weighted by atomic mass is 10.3. The van der Waals surface area contributed by atoms with Crippen LogP contribution in [-0.2, 0) is 6.54 Å². The van der Waals surface area contributed by atoms with Gasteiger partial charge in [-0.25, -0.2) is 4.79 Å². The summed E-state index contributed by atoms with van der Waals surface area (Å²) in [6.07, 6.45) is 8.53. The second-order valence-corrected chi connectivity index (χ2v) is 4.57. The van der Waals surface area contributed by atoms with Crippen molar-refractivity contribution in [3.05, 3.63) is 66.9 Å². The largest absolute Gasteiger partial charge is 0.324 e. The van der Waals surface area contributed by atoms with Crippen molar-refractivity contribution in [1.82, 2.24) is 19.7 Å². The van der Waals surface area contributed by atoms with Crippen LogP contribution in [0.3, 0.4) is 0 Å². The first kappa shape index (κ1) is 13.7. The van der Waals surface area contributed by atoms with Crippen LogP contribution in [0, 0.1) is 0 Å². The van der Waals surface area contributed by atoms with Gasteiger partial charge in [-0.2, -0.15) is 5.10 Å². The van der Waals surface area contributed by atoms with Crippen LogP contribution in [0.1, 0.15) is 5.56 Å². The summed E-state index contributed by atoms with van der Waals surface area (Å²) in [5, 5.41) is 9.67. The molecule has 0 aromatic carbocycles. The zero-order valence-corrected chi connectivity index (χ0v) is 11.7. The summed E-state index contributed by atoms with van der Waals surface area (Å²) >= 11 is 0. The quantitative estimate of drug-likeness (QED) is 0.773. The van der Waals surface area contributed by atoms with E-state index in [0.717, 1.165) is 5.56 Å². The maximum absolute atomic E-state index is 11.8. The molecule has 7 nitrogen and oxygen atoms in total. The molecule has 22 heavy (non-hydrogen) atoms. The molecule has 0 unspecified atom stereocenters. The van der Waals surface area contributed by atoms with Gasteiger partial charge in [0.05, 0.1) is 6.54 Å². The number of aromatic nitrogens is 4. The zero-order valence-electron chi connectivity index (χ0n) is 11.7. The van der Waals surface area contributed by atoms with Gasteiger partial charge in [-0.05, 0) is 23.8 Å². The Morgan fingerprint density at radius 2 is 1.91 bits per heavy atom. The molecular weight excluding hydrogens is 280 g/mol. The average molecular weight is 294 g/mol. The monoisotopic (exact) mass is 294 g/mol. The van der Waals surface area contributed by atoms with Crippen molar-refractivity contribution in [3.8, 4) is 0 Å². The topological polar surface area (TPSA) is 84.7 Å². The van der Waals surface area contributed by atoms with Crippen LogP contribution in [0.5, 0.6) is 0 Å². The van der Waals surface area contributed by atoms with E-state index < -0.39 is 0 Å². The minimum Gasteiger partial charge on any atom is -0.308 e. The van der Waals surface area contributed by atoms with Crippen LogP contribution < -0.4 is 10.6 Å². The summed E-state index contributed by atoms with van der Waals surface area (Å²) in [5.41, 5.74) is 1.71. The molecule has 3 heterocycles. The van der Waals surface area contributed by atoms with E-state index in [4.69, 9.17) is 0 Å². The molecule has 0 bridgehead atoms. The van der Waals surface area contributed by atoms with Crippen molar-refractivity contribution in [2.75, 3.05) is 10.6 Å². The van der Waals surface area contributed by atoms with E-state index in [1.54, 1.807) is 53.9 Å². The Bertz CT molecular complexity index is 741. The Morgan fingerprint density at radius 1 is 1.05 bits per heavy atom. The summed E-state index contributed by atoms with van der Waals surface area (Å²) in [7, 11) is 0. The number of urea groups is 1. The number of rotatable bonds is 4. The maximum Gasteiger partial charge on any atom is 0.324 e. The molecule has 3 aromatic rings. The number of pyridine rings is 2. The zero-order chi connectivity index (χ0) is 15.2. The lowest BCUT2D eigenvalue weighted by molar-refractivity contribution is 0.262. The molecule has 0 fully saturated rings. The first-order valence-corrected chi connectivity index (χ1v) is 6.70. The fraction of sp³-hybridized carbons (Fsp3) is 0.0667. The van der Waals surface area contributed by atoms with Crippen molar-refractivity contribution in [3.63, 3.8) is 0 Å². The van der Waals surface area contributed by atoms with Gasteiger partial charge in [0.2, 0.25) is 0 Å². The minimum absolute atomic E-state index is 0.349. The molecule has 0 saturated carbocycles. The fourth-order valence-electron chi connectivity index (χ4n) is 1.91. The van der Waals surface area contributed by atoms with E-state index >= 15 is 0 Å². The number of nitrogens with zero attached hydrogens (tertiary/aromatic N) is 4. The molecule has 2 amide bonds. The molecule has 0 radical (unpaired) electrons. The lowest BCUT2D eigenvalue weighted by Gasteiger charge is -2.05. The van der Waals surface area contributed by atoms with Crippen molar-refractivity contribution in [1.29, 1.82) is 0 Å². The molecule has 0 spiro atoms. The van der Waals surface area contributed by atoms with Crippen molar-refractivity contribution < 1.29 is 4.79 Å². The Labute approximate surface area is 127 Å². The van der Waals surface area contributed by atoms with Gasteiger partial charge in [0.15, 0.2) is 5.82 Å². The number of carbonyl (C=O) groups excluding carboxylic acids is 1. The van der Waals surface area contributed by atoms with Crippen LogP contribution >= 0.6 is 0 Å². The van der Waals surface area contributed by atoms with Gasteiger partial charge >= 0.3 is 6.03 Å². The number of anilines is 2. The molecule has 0 aliphatic carbocycles. The number of carbonyl (C=O) groups is 1. The van der Waals surface area contributed by atoms with E-state index in [1.807, 2.05) is 12.1 Å². The van der Waals surface area contributed by atoms with E-state index in [-0.39, 0.29) is 6.03 Å². The van der Waals surface area contributed by atoms with E-state index in [9.17, 15) is 4.79 Å². The standard InChI is InChI=1S/C15H14N6O/c22-15(18-13-3-7-16-8-4-13)19-14-5-9-21(20-14)11-12-2-1-6-17-10-12/h1-10H,11H2,(H2,16,18,19,20,22). The Morgan fingerprint density at radius 3 is 2.68 bits per heavy atom. The first-order valence-electron chi connectivity index (χ1n) is 6.70. The lowest BCUT2D eigenvalue weighted by Crippen LogP contribution is -2.19. The third kappa shape index (κ3) is 3.66. The van der Waals surface area contributed by atoms with Crippen LogP contribution in [0.25, 0.3) is 0 Å². The molecular formula is C15H14N6O. The fourth-order valence-corrected chi connectivity index (χ4v) is 1.91. The summed E-state index contributed by atoms with van der Waals surface area (Å²) in [6, 6.07) is 8.65. The third-order valence-electron chi connectivity index (χ3n) is 2.89. The van der Waals surface area contributed by atoms with Gasteiger partial charge in [-0.1, -0.05) is 6.07 Å². The van der Waals surface area contributed by atoms with Gasteiger partial charge in [0.25, 0.3) is 0 Å². The van der Waals surface area contributed by atoms with Crippen LogP contribution in [-0.4, -0.2) is 25.8 Å². The molecule has 7 heteroatoms. The first-order chi connectivity index (χ1) is 10.8. The maximum atomic E-state index is 11.8. The minimum atomic E-state index is -0.349. The Hall–Kier alpha value is -3.22. The van der Waals surface area contributed by atoms with Crippen molar-refractivity contribution >= 4 is 17.5 Å². The smallest absolute Gasteiger partial charge is 0.308 e. The Kier molecular flexibility index (Phi) is 4.05. The second-order valence-electron chi connectivity index (χ2n) is 4.57. The van der Waals surface area contributed by atoms with Gasteiger partial charge in [0, 0.05) is 42.7 Å². The summed E-state index contributed by atoms with van der Waals surface area (Å²) in [6.45, 7) is 0.599. The van der Waals surface area contributed by atoms with Crippen molar-refractivity contribution in [2.24, 2.45) is 0 Å². The van der Waals surface area contributed by atoms with Gasteiger partial charge in [-0.3, -0.25) is 20.0 Å². The number of hydrogen-bond donors (Lipinski definition) is 2. The molecule has 110 valence electrons. The number of nitrogens with one attached hydrogen (secondary N) is 2. The van der Waals surface area contributed by atoms with E-state index in [2.05, 4.69) is 25.7 Å². The summed E-state index contributed by atoms with van der Waals surface area (Å²) in [5.74, 6) is 0.482. The third-order valence-corrected chi connectivity index (χ3v) is 2.89.